The summed E-state index contributed by atoms with van der Waals surface area (Å²) in [5.41, 5.74) is 0.625. The highest BCUT2D eigenvalue weighted by atomic mass is 16.6. The van der Waals surface area contributed by atoms with Crippen molar-refractivity contribution in [2.45, 2.75) is 39.2 Å². The summed E-state index contributed by atoms with van der Waals surface area (Å²) in [5.74, 6) is 0.415. The molecule has 2 aliphatic rings. The molecule has 0 bridgehead atoms. The molecule has 1 fully saturated rings. The molecule has 1 saturated heterocycles. The number of rotatable bonds is 1. The van der Waals surface area contributed by atoms with Crippen molar-refractivity contribution >= 4 is 11.8 Å². The number of hydrogen-bond acceptors (Lipinski definition) is 5. The molecule has 2 rings (SSSR count). The Morgan fingerprint density at radius 3 is 2.50 bits per heavy atom. The van der Waals surface area contributed by atoms with Crippen LogP contribution in [0.3, 0.4) is 0 Å². The molecule has 6 heteroatoms. The zero-order valence-corrected chi connectivity index (χ0v) is 11.2. The number of nitrogens with zero attached hydrogens (tertiary/aromatic N) is 4. The molecule has 2 heterocycles. The second-order valence-electron chi connectivity index (χ2n) is 5.72. The Bertz CT molecular complexity index is 376. The predicted octanol–water partition coefficient (Wildman–Crippen LogP) is 2.46. The molecule has 0 N–H and O–H groups in total. The smallest absolute Gasteiger partial charge is 0.410 e. The van der Waals surface area contributed by atoms with Crippen LogP contribution >= 0.6 is 0 Å². The topological polar surface area (TPSA) is 66.6 Å². The average molecular weight is 252 g/mol. The Hall–Kier alpha value is -1.46. The maximum absolute atomic E-state index is 11.9. The highest BCUT2D eigenvalue weighted by Gasteiger charge is 2.29. The summed E-state index contributed by atoms with van der Waals surface area (Å²) >= 11 is 0. The first kappa shape index (κ1) is 13.0. The summed E-state index contributed by atoms with van der Waals surface area (Å²) in [6.07, 6.45) is 1.62. The van der Waals surface area contributed by atoms with Crippen molar-refractivity contribution in [2.75, 3.05) is 19.6 Å². The minimum atomic E-state index is -0.429. The predicted molar refractivity (Wildman–Crippen MR) is 67.7 cm³/mol. The van der Waals surface area contributed by atoms with Crippen LogP contribution in [0.4, 0.5) is 4.79 Å². The fraction of sp³-hybridized carbons (Fsp3) is 0.833. The molecule has 6 nitrogen and oxygen atoms in total. The summed E-state index contributed by atoms with van der Waals surface area (Å²) in [5, 5.41) is 11.5. The molecule has 0 aromatic carbocycles. The van der Waals surface area contributed by atoms with Crippen LogP contribution in [-0.2, 0) is 4.74 Å². The first-order valence-corrected chi connectivity index (χ1v) is 6.37. The molecule has 18 heavy (non-hydrogen) atoms. The minimum Gasteiger partial charge on any atom is -0.444 e. The van der Waals surface area contributed by atoms with Crippen molar-refractivity contribution in [1.29, 1.82) is 0 Å². The average Bonchev–Trinajstić information content (AvgIpc) is 2.80. The quantitative estimate of drug-likeness (QED) is 0.719. The van der Waals surface area contributed by atoms with Gasteiger partial charge in [-0.2, -0.15) is 5.11 Å². The number of carbonyl (C=O) groups is 1. The van der Waals surface area contributed by atoms with Crippen molar-refractivity contribution < 1.29 is 9.53 Å². The van der Waals surface area contributed by atoms with Gasteiger partial charge in [0.25, 0.3) is 0 Å². The lowest BCUT2D eigenvalue weighted by Gasteiger charge is -2.33. The van der Waals surface area contributed by atoms with Gasteiger partial charge in [0.15, 0.2) is 0 Å². The normalized spacial score (nSPS) is 21.1. The maximum atomic E-state index is 11.9. The second kappa shape index (κ2) is 5.04. The van der Waals surface area contributed by atoms with Gasteiger partial charge in [0, 0.05) is 19.0 Å². The Morgan fingerprint density at radius 1 is 1.33 bits per heavy atom. The summed E-state index contributed by atoms with van der Waals surface area (Å²) in [6.45, 7) is 7.71. The van der Waals surface area contributed by atoms with E-state index in [4.69, 9.17) is 4.74 Å². The van der Waals surface area contributed by atoms with Crippen LogP contribution in [0.5, 0.6) is 0 Å². The number of likely N-dealkylation sites (tertiary alicyclic amines) is 1. The number of hydrogen-bond donors (Lipinski definition) is 0. The van der Waals surface area contributed by atoms with E-state index >= 15 is 0 Å². The van der Waals surface area contributed by atoms with E-state index in [9.17, 15) is 4.79 Å². The van der Waals surface area contributed by atoms with Gasteiger partial charge in [-0.05, 0) is 38.8 Å². The van der Waals surface area contributed by atoms with Gasteiger partial charge in [0.2, 0.25) is 0 Å². The van der Waals surface area contributed by atoms with Gasteiger partial charge in [-0.3, -0.25) is 0 Å². The van der Waals surface area contributed by atoms with Crippen LogP contribution in [0.25, 0.3) is 0 Å². The van der Waals surface area contributed by atoms with Gasteiger partial charge in [-0.25, -0.2) is 4.79 Å². The van der Waals surface area contributed by atoms with E-state index in [1.54, 1.807) is 4.90 Å². The zero-order valence-electron chi connectivity index (χ0n) is 11.2. The lowest BCUT2D eigenvalue weighted by Crippen LogP contribution is -2.43. The molecule has 1 amide bonds. The van der Waals surface area contributed by atoms with Crippen LogP contribution in [0.2, 0.25) is 0 Å². The van der Waals surface area contributed by atoms with Crippen LogP contribution in [-0.4, -0.2) is 41.9 Å². The molecule has 0 aromatic heterocycles. The van der Waals surface area contributed by atoms with Crippen molar-refractivity contribution in [3.05, 3.63) is 0 Å². The Labute approximate surface area is 107 Å². The molecular weight excluding hydrogens is 232 g/mol. The van der Waals surface area contributed by atoms with Crippen LogP contribution in [0.15, 0.2) is 15.4 Å². The maximum Gasteiger partial charge on any atom is 0.410 e. The van der Waals surface area contributed by atoms with Crippen molar-refractivity contribution in [1.82, 2.24) is 4.90 Å². The lowest BCUT2D eigenvalue weighted by molar-refractivity contribution is 0.0201. The van der Waals surface area contributed by atoms with E-state index < -0.39 is 5.60 Å². The number of ether oxygens (including phenoxy) is 1. The Balaban J connectivity index is 1.81. The van der Waals surface area contributed by atoms with E-state index in [1.165, 1.54) is 0 Å². The number of amides is 1. The molecule has 0 unspecified atom stereocenters. The molecule has 2 aliphatic heterocycles. The van der Waals surface area contributed by atoms with Crippen molar-refractivity contribution in [3.8, 4) is 0 Å². The molecule has 0 atom stereocenters. The molecule has 0 aromatic rings. The highest BCUT2D eigenvalue weighted by Crippen LogP contribution is 2.22. The standard InChI is InChI=1S/C12H20N4O2/c1-12(2,3)18-11(17)16-6-4-9(5-7-16)10-8-13-15-14-10/h9H,4-8H2,1-3H3. The molecular formula is C12H20N4O2. The largest absolute Gasteiger partial charge is 0.444 e. The zero-order chi connectivity index (χ0) is 13.2. The highest BCUT2D eigenvalue weighted by molar-refractivity contribution is 5.89. The van der Waals surface area contributed by atoms with Gasteiger partial charge in [0.05, 0.1) is 5.71 Å². The van der Waals surface area contributed by atoms with E-state index in [2.05, 4.69) is 15.4 Å². The minimum absolute atomic E-state index is 0.219. The van der Waals surface area contributed by atoms with Crippen LogP contribution in [0, 0.1) is 5.92 Å². The fourth-order valence-corrected chi connectivity index (χ4v) is 2.16. The first-order chi connectivity index (χ1) is 8.46. The summed E-state index contributed by atoms with van der Waals surface area (Å²) < 4.78 is 5.36. The third-order valence-corrected chi connectivity index (χ3v) is 3.09. The SMILES string of the molecule is CC(C)(C)OC(=O)N1CCC(C2=NN=NC2)CC1. The summed E-state index contributed by atoms with van der Waals surface area (Å²) in [6, 6.07) is 0. The van der Waals surface area contributed by atoms with Gasteiger partial charge in [-0.15, -0.1) is 5.10 Å². The van der Waals surface area contributed by atoms with Gasteiger partial charge < -0.3 is 9.64 Å². The molecule has 0 radical (unpaired) electrons. The van der Waals surface area contributed by atoms with E-state index in [0.717, 1.165) is 31.6 Å². The summed E-state index contributed by atoms with van der Waals surface area (Å²) in [7, 11) is 0. The monoisotopic (exact) mass is 252 g/mol. The number of carbonyl (C=O) groups excluding carboxylic acids is 1. The van der Waals surface area contributed by atoms with E-state index in [0.29, 0.717) is 12.5 Å². The molecule has 0 saturated carbocycles. The Kier molecular flexibility index (Phi) is 3.63. The van der Waals surface area contributed by atoms with Gasteiger partial charge >= 0.3 is 6.09 Å². The number of piperidine rings is 1. The van der Waals surface area contributed by atoms with E-state index in [1.807, 2.05) is 20.8 Å². The third kappa shape index (κ3) is 3.27. The molecule has 0 aliphatic carbocycles. The van der Waals surface area contributed by atoms with Crippen molar-refractivity contribution in [2.24, 2.45) is 21.4 Å². The molecule has 100 valence electrons. The summed E-state index contributed by atoms with van der Waals surface area (Å²) in [4.78, 5) is 13.6. The Morgan fingerprint density at radius 2 is 2.00 bits per heavy atom. The van der Waals surface area contributed by atoms with Gasteiger partial charge in [0.1, 0.15) is 12.1 Å². The molecule has 0 spiro atoms. The van der Waals surface area contributed by atoms with Gasteiger partial charge in [-0.1, -0.05) is 0 Å². The van der Waals surface area contributed by atoms with Crippen molar-refractivity contribution in [3.63, 3.8) is 0 Å². The lowest BCUT2D eigenvalue weighted by atomic mass is 9.92. The third-order valence-electron chi connectivity index (χ3n) is 3.09. The van der Waals surface area contributed by atoms with Crippen LogP contribution < -0.4 is 0 Å². The van der Waals surface area contributed by atoms with E-state index in [-0.39, 0.29) is 6.09 Å². The van der Waals surface area contributed by atoms with Crippen LogP contribution in [0.1, 0.15) is 33.6 Å². The first-order valence-electron chi connectivity index (χ1n) is 6.37. The fourth-order valence-electron chi connectivity index (χ4n) is 2.16. The second-order valence-corrected chi connectivity index (χ2v) is 5.72.